The highest BCUT2D eigenvalue weighted by atomic mass is 16.5. The van der Waals surface area contributed by atoms with Gasteiger partial charge in [-0.3, -0.25) is 0 Å². The highest BCUT2D eigenvalue weighted by molar-refractivity contribution is 5.82. The summed E-state index contributed by atoms with van der Waals surface area (Å²) in [5.74, 6) is 0.637. The van der Waals surface area contributed by atoms with Crippen molar-refractivity contribution >= 4 is 11.7 Å². The lowest BCUT2D eigenvalue weighted by molar-refractivity contribution is 0.153. The Morgan fingerprint density at radius 3 is 3.05 bits per heavy atom. The van der Waals surface area contributed by atoms with E-state index in [9.17, 15) is 4.79 Å². The molecule has 0 saturated heterocycles. The van der Waals surface area contributed by atoms with Crippen LogP contribution >= 0.6 is 0 Å². The molecule has 1 aromatic rings. The predicted octanol–water partition coefficient (Wildman–Crippen LogP) is 3.47. The molecule has 3 rings (SSSR count). The highest BCUT2D eigenvalue weighted by Gasteiger charge is 2.33. The van der Waals surface area contributed by atoms with Gasteiger partial charge < -0.3 is 10.5 Å². The van der Waals surface area contributed by atoms with E-state index in [0.29, 0.717) is 12.5 Å². The lowest BCUT2D eigenvalue weighted by Crippen LogP contribution is -2.18. The van der Waals surface area contributed by atoms with Crippen LogP contribution in [0.25, 0.3) is 5.57 Å². The first-order valence-electron chi connectivity index (χ1n) is 6.60. The van der Waals surface area contributed by atoms with Crippen LogP contribution in [0.1, 0.15) is 31.8 Å². The maximum Gasteiger partial charge on any atom is 0.404 e. The van der Waals surface area contributed by atoms with E-state index in [0.717, 1.165) is 6.42 Å². The van der Waals surface area contributed by atoms with E-state index in [1.165, 1.54) is 22.3 Å². The molecule has 3 heteroatoms. The molecule has 0 saturated carbocycles. The van der Waals surface area contributed by atoms with Gasteiger partial charge >= 0.3 is 6.09 Å². The van der Waals surface area contributed by atoms with Gasteiger partial charge in [-0.15, -0.1) is 0 Å². The summed E-state index contributed by atoms with van der Waals surface area (Å²) in [4.78, 5) is 10.9. The summed E-state index contributed by atoms with van der Waals surface area (Å²) in [5.41, 5.74) is 10.3. The molecule has 0 aliphatic heterocycles. The summed E-state index contributed by atoms with van der Waals surface area (Å²) in [6.45, 7) is 2.56. The monoisotopic (exact) mass is 257 g/mol. The van der Waals surface area contributed by atoms with Crippen LogP contribution < -0.4 is 5.73 Å². The quantitative estimate of drug-likeness (QED) is 0.881. The zero-order valence-corrected chi connectivity index (χ0v) is 10.9. The van der Waals surface area contributed by atoms with Gasteiger partial charge in [0.15, 0.2) is 0 Å². The molecule has 2 atom stereocenters. The van der Waals surface area contributed by atoms with Gasteiger partial charge in [0, 0.05) is 7.34 Å². The molecular weight excluding hydrogens is 238 g/mol. The van der Waals surface area contributed by atoms with Crippen LogP contribution in [-0.4, -0.2) is 12.7 Å². The fourth-order valence-electron chi connectivity index (χ4n) is 3.17. The van der Waals surface area contributed by atoms with Crippen LogP contribution in [0.4, 0.5) is 4.79 Å². The van der Waals surface area contributed by atoms with Crippen molar-refractivity contribution in [3.05, 3.63) is 53.1 Å². The average Bonchev–Trinajstić information content (AvgIpc) is 2.71. The summed E-state index contributed by atoms with van der Waals surface area (Å²) in [5, 5.41) is 0. The third-order valence-corrected chi connectivity index (χ3v) is 3.98. The second-order valence-corrected chi connectivity index (χ2v) is 5.18. The molecule has 2 unspecified atom stereocenters. The summed E-state index contributed by atoms with van der Waals surface area (Å²) < 4.78 is 5.04. The summed E-state index contributed by atoms with van der Waals surface area (Å²) in [6.07, 6.45) is 4.73. The van der Waals surface area contributed by atoms with E-state index in [-0.39, 0.29) is 7.34 Å². The van der Waals surface area contributed by atoms with Crippen LogP contribution in [0.2, 0.25) is 0 Å². The van der Waals surface area contributed by atoms with Gasteiger partial charge in [0.05, 0.1) is 0 Å². The molecule has 2 N–H and O–H groups in total. The molecule has 100 valence electrons. The first-order chi connectivity index (χ1) is 9.18. The number of allylic oxidation sites excluding steroid dienone is 3. The van der Waals surface area contributed by atoms with Gasteiger partial charge in [0.2, 0.25) is 0 Å². The highest BCUT2D eigenvalue weighted by Crippen LogP contribution is 2.48. The van der Waals surface area contributed by atoms with Crippen molar-refractivity contribution in [3.8, 4) is 0 Å². The molecule has 0 radical (unpaired) electrons. The third kappa shape index (κ3) is 1.95. The van der Waals surface area contributed by atoms with Crippen LogP contribution in [0, 0.1) is 5.92 Å². The maximum atomic E-state index is 10.9. The normalized spacial score (nSPS) is 24.1. The van der Waals surface area contributed by atoms with Gasteiger partial charge in [0.25, 0.3) is 0 Å². The van der Waals surface area contributed by atoms with Crippen molar-refractivity contribution in [1.29, 1.82) is 0 Å². The predicted molar refractivity (Wildman–Crippen MR) is 76.7 cm³/mol. The number of primary amides is 1. The van der Waals surface area contributed by atoms with Crippen LogP contribution in [0.5, 0.6) is 0 Å². The van der Waals surface area contributed by atoms with E-state index in [1.54, 1.807) is 0 Å². The molecule has 0 bridgehead atoms. The number of benzene rings is 1. The molecule has 3 nitrogen and oxygen atoms in total. The van der Waals surface area contributed by atoms with Gasteiger partial charge in [-0.1, -0.05) is 43.3 Å². The Morgan fingerprint density at radius 2 is 2.26 bits per heavy atom. The number of carbonyl (C=O) groups excluding carboxylic acids is 1. The zero-order chi connectivity index (χ0) is 13.4. The van der Waals surface area contributed by atoms with E-state index >= 15 is 0 Å². The van der Waals surface area contributed by atoms with Crippen molar-refractivity contribution in [3.63, 3.8) is 0 Å². The first kappa shape index (κ1) is 12.0. The zero-order valence-electron chi connectivity index (χ0n) is 10.9. The average molecular weight is 257 g/mol. The van der Waals surface area contributed by atoms with Crippen molar-refractivity contribution < 1.29 is 11.0 Å². The first-order valence-corrected chi connectivity index (χ1v) is 6.60. The Kier molecular flexibility index (Phi) is 2.90. The second-order valence-electron chi connectivity index (χ2n) is 5.18. The second kappa shape index (κ2) is 4.57. The summed E-state index contributed by atoms with van der Waals surface area (Å²) in [7, 11) is 0. The minimum absolute atomic E-state index is 0. The van der Waals surface area contributed by atoms with Gasteiger partial charge in [0.1, 0.15) is 6.61 Å². The number of nitrogens with two attached hydrogens (primary N) is 1. The van der Waals surface area contributed by atoms with Crippen molar-refractivity contribution in [2.75, 3.05) is 6.61 Å². The smallest absolute Gasteiger partial charge is 0.404 e. The van der Waals surface area contributed by atoms with Gasteiger partial charge in [-0.2, -0.15) is 0 Å². The minimum atomic E-state index is -0.709. The Hall–Kier alpha value is -2.03. The topological polar surface area (TPSA) is 52.3 Å². The Labute approximate surface area is 114 Å². The van der Waals surface area contributed by atoms with Gasteiger partial charge in [-0.25, -0.2) is 4.79 Å². The molecule has 2 aliphatic rings. The number of ether oxygens (including phenoxy) is 1. The lowest BCUT2D eigenvalue weighted by atomic mass is 9.86. The molecule has 1 aromatic carbocycles. The standard InChI is InChI=1S/C16H17NO2.H2/c1-10-5-4-8-13-14(9-19-16(17)18)11-6-2-3-7-12(11)15(10)13;/h2-4,6-8,10,14H,5,9H2,1H3,(H2,17,18);1H. The largest absolute Gasteiger partial charge is 0.449 e. The molecular formula is C16H19NO2. The summed E-state index contributed by atoms with van der Waals surface area (Å²) >= 11 is 0. The molecule has 0 aromatic heterocycles. The Balaban J connectivity index is 0.00000147. The minimum Gasteiger partial charge on any atom is -0.449 e. The van der Waals surface area contributed by atoms with Crippen LogP contribution in [0.15, 0.2) is 42.0 Å². The van der Waals surface area contributed by atoms with E-state index in [4.69, 9.17) is 10.5 Å². The third-order valence-electron chi connectivity index (χ3n) is 3.98. The molecule has 0 fully saturated rings. The van der Waals surface area contributed by atoms with Crippen LogP contribution in [0.3, 0.4) is 0 Å². The Morgan fingerprint density at radius 1 is 1.47 bits per heavy atom. The number of amides is 1. The molecule has 2 aliphatic carbocycles. The van der Waals surface area contributed by atoms with E-state index in [1.807, 2.05) is 6.07 Å². The number of hydrogen-bond donors (Lipinski definition) is 1. The van der Waals surface area contributed by atoms with E-state index < -0.39 is 6.09 Å². The van der Waals surface area contributed by atoms with E-state index in [2.05, 4.69) is 37.3 Å². The van der Waals surface area contributed by atoms with Crippen molar-refractivity contribution in [2.45, 2.75) is 19.3 Å². The number of carbonyl (C=O) groups is 1. The fourth-order valence-corrected chi connectivity index (χ4v) is 3.17. The molecule has 1 amide bonds. The van der Waals surface area contributed by atoms with Crippen molar-refractivity contribution in [1.82, 2.24) is 0 Å². The molecule has 0 spiro atoms. The summed E-state index contributed by atoms with van der Waals surface area (Å²) in [6, 6.07) is 8.36. The Bertz CT molecular complexity index is 592. The number of rotatable bonds is 2. The van der Waals surface area contributed by atoms with Gasteiger partial charge in [-0.05, 0) is 34.6 Å². The molecule has 0 heterocycles. The van der Waals surface area contributed by atoms with Crippen LogP contribution in [-0.2, 0) is 4.74 Å². The number of hydrogen-bond acceptors (Lipinski definition) is 2. The fraction of sp³-hybridized carbons (Fsp3) is 0.312. The molecule has 19 heavy (non-hydrogen) atoms. The lowest BCUT2D eigenvalue weighted by Gasteiger charge is -2.19. The van der Waals surface area contributed by atoms with Crippen molar-refractivity contribution in [2.24, 2.45) is 11.7 Å². The number of fused-ring (bicyclic) bond motifs is 2. The SMILES string of the molecule is CC1CC=CC2=C1c1ccccc1C2COC(N)=O.[HH]. The maximum absolute atomic E-state index is 10.9.